The lowest BCUT2D eigenvalue weighted by Crippen LogP contribution is -1.99. The van der Waals surface area contributed by atoms with Crippen LogP contribution in [-0.4, -0.2) is 40.7 Å². The van der Waals surface area contributed by atoms with E-state index in [4.69, 9.17) is 24.3 Å². The average Bonchev–Trinajstić information content (AvgIpc) is 3.38. The summed E-state index contributed by atoms with van der Waals surface area (Å²) in [6, 6.07) is 29.2. The van der Waals surface area contributed by atoms with E-state index in [1.165, 1.54) is 0 Å². The van der Waals surface area contributed by atoms with Crippen LogP contribution in [0.25, 0.3) is 50.0 Å². The number of pyridine rings is 1. The van der Waals surface area contributed by atoms with Gasteiger partial charge in [0.25, 0.3) is 0 Å². The summed E-state index contributed by atoms with van der Waals surface area (Å²) >= 11 is 0. The molecule has 0 aliphatic rings. The number of methoxy groups -OCH3 is 2. The Balaban J connectivity index is 1.78. The number of nitrogens with zero attached hydrogens (tertiary/aromatic N) is 3. The van der Waals surface area contributed by atoms with E-state index in [-0.39, 0.29) is 5.75 Å². The lowest BCUT2D eigenvalue weighted by molar-refractivity contribution is 0.318. The lowest BCUT2D eigenvalue weighted by Gasteiger charge is -2.15. The van der Waals surface area contributed by atoms with Crippen LogP contribution in [-0.2, 0) is 0 Å². The Kier molecular flexibility index (Phi) is 6.25. The minimum absolute atomic E-state index is 0.0749. The van der Waals surface area contributed by atoms with Crippen LogP contribution >= 0.6 is 0 Å². The number of hydrogen-bond acceptors (Lipinski definition) is 6. The Morgan fingerprint density at radius 2 is 1.38 bits per heavy atom. The van der Waals surface area contributed by atoms with Gasteiger partial charge in [-0.25, -0.2) is 9.67 Å². The van der Waals surface area contributed by atoms with Gasteiger partial charge in [-0.15, -0.1) is 0 Å². The lowest BCUT2D eigenvalue weighted by atomic mass is 9.98. The highest BCUT2D eigenvalue weighted by Crippen LogP contribution is 2.44. The molecule has 0 unspecified atom stereocenters. The monoisotopic (exact) mass is 517 g/mol. The fourth-order valence-electron chi connectivity index (χ4n) is 4.91. The predicted octanol–water partition coefficient (Wildman–Crippen LogP) is 7.03. The maximum atomic E-state index is 10.4. The van der Waals surface area contributed by atoms with Crippen LogP contribution in [0.4, 0.5) is 0 Å². The van der Waals surface area contributed by atoms with Crippen LogP contribution in [0.1, 0.15) is 6.92 Å². The molecule has 0 aliphatic carbocycles. The number of ether oxygens (including phenoxy) is 3. The Labute approximate surface area is 225 Å². The van der Waals surface area contributed by atoms with E-state index in [1.54, 1.807) is 20.3 Å². The average molecular weight is 518 g/mol. The third-order valence-electron chi connectivity index (χ3n) is 6.71. The number of phenols is 1. The van der Waals surface area contributed by atoms with Gasteiger partial charge < -0.3 is 19.3 Å². The van der Waals surface area contributed by atoms with E-state index < -0.39 is 0 Å². The van der Waals surface area contributed by atoms with Crippen LogP contribution in [0.3, 0.4) is 0 Å². The highest BCUT2D eigenvalue weighted by Gasteiger charge is 2.23. The molecule has 2 heterocycles. The molecule has 2 aromatic heterocycles. The molecular formula is C32H27N3O4. The van der Waals surface area contributed by atoms with Crippen molar-refractivity contribution in [2.75, 3.05) is 20.8 Å². The van der Waals surface area contributed by atoms with Crippen molar-refractivity contribution in [2.24, 2.45) is 0 Å². The van der Waals surface area contributed by atoms with E-state index in [9.17, 15) is 5.11 Å². The van der Waals surface area contributed by atoms with Crippen LogP contribution in [0.2, 0.25) is 0 Å². The molecule has 0 bridgehead atoms. The van der Waals surface area contributed by atoms with Crippen LogP contribution in [0.15, 0.2) is 91.0 Å². The normalized spacial score (nSPS) is 11.2. The first kappa shape index (κ1) is 24.3. The van der Waals surface area contributed by atoms with Gasteiger partial charge in [0.2, 0.25) is 0 Å². The second kappa shape index (κ2) is 10.0. The first-order valence-electron chi connectivity index (χ1n) is 12.7. The molecule has 0 fully saturated rings. The number of hydrogen-bond donors (Lipinski definition) is 1. The van der Waals surface area contributed by atoms with Crippen molar-refractivity contribution < 1.29 is 19.3 Å². The summed E-state index contributed by atoms with van der Waals surface area (Å²) in [6.45, 7) is 2.31. The third-order valence-corrected chi connectivity index (χ3v) is 6.71. The first-order valence-corrected chi connectivity index (χ1v) is 12.7. The molecule has 7 nitrogen and oxygen atoms in total. The van der Waals surface area contributed by atoms with E-state index in [0.717, 1.165) is 38.7 Å². The Bertz CT molecular complexity index is 1800. The molecule has 7 heteroatoms. The van der Waals surface area contributed by atoms with E-state index >= 15 is 0 Å². The molecule has 0 saturated heterocycles. The highest BCUT2D eigenvalue weighted by molar-refractivity contribution is 6.16. The van der Waals surface area contributed by atoms with Crippen molar-refractivity contribution in [1.82, 2.24) is 14.8 Å². The maximum Gasteiger partial charge on any atom is 0.164 e. The zero-order valence-electron chi connectivity index (χ0n) is 21.9. The van der Waals surface area contributed by atoms with Gasteiger partial charge in [-0.05, 0) is 49.4 Å². The number of fused-ring (bicyclic) bond motifs is 3. The van der Waals surface area contributed by atoms with Gasteiger partial charge in [-0.2, -0.15) is 5.10 Å². The van der Waals surface area contributed by atoms with Crippen LogP contribution in [0, 0.1) is 0 Å². The van der Waals surface area contributed by atoms with Gasteiger partial charge in [-0.3, -0.25) is 0 Å². The number of aromatic hydroxyl groups is 1. The summed E-state index contributed by atoms with van der Waals surface area (Å²) in [5, 5.41) is 18.1. The molecule has 0 spiro atoms. The second-order valence-corrected chi connectivity index (χ2v) is 8.99. The summed E-state index contributed by atoms with van der Waals surface area (Å²) in [4.78, 5) is 5.22. The van der Waals surface area contributed by atoms with Crippen molar-refractivity contribution in [2.45, 2.75) is 6.92 Å². The van der Waals surface area contributed by atoms with Crippen molar-refractivity contribution in [3.63, 3.8) is 0 Å². The van der Waals surface area contributed by atoms with Gasteiger partial charge in [0.1, 0.15) is 5.69 Å². The second-order valence-electron chi connectivity index (χ2n) is 8.99. The zero-order valence-corrected chi connectivity index (χ0v) is 21.9. The molecule has 0 saturated carbocycles. The first-order chi connectivity index (χ1) is 19.1. The summed E-state index contributed by atoms with van der Waals surface area (Å²) in [5.41, 5.74) is 4.87. The zero-order chi connectivity index (χ0) is 26.9. The van der Waals surface area contributed by atoms with Crippen molar-refractivity contribution in [3.8, 4) is 51.2 Å². The number of para-hydroxylation sites is 1. The minimum atomic E-state index is 0.0749. The van der Waals surface area contributed by atoms with E-state index in [0.29, 0.717) is 35.2 Å². The largest absolute Gasteiger partial charge is 0.504 e. The van der Waals surface area contributed by atoms with Crippen molar-refractivity contribution in [3.05, 3.63) is 91.0 Å². The smallest absolute Gasteiger partial charge is 0.164 e. The molecule has 0 radical (unpaired) electrons. The standard InChI is InChI=1S/C32H27N3O4/c1-4-39-26-17-21(15-16-25(26)36)30-24-19-28(38-3)27(37-2)18-23(24)29-31(20-11-7-5-8-12-20)34-35(32(29)33-30)22-13-9-6-10-14-22/h5-19,36H,4H2,1-3H3. The molecule has 6 aromatic rings. The quantitative estimate of drug-likeness (QED) is 0.245. The molecular weight excluding hydrogens is 490 g/mol. The van der Waals surface area contributed by atoms with Crippen LogP contribution < -0.4 is 14.2 Å². The molecule has 194 valence electrons. The van der Waals surface area contributed by atoms with E-state index in [1.807, 2.05) is 96.5 Å². The maximum absolute atomic E-state index is 10.4. The van der Waals surface area contributed by atoms with Gasteiger partial charge in [0.05, 0.1) is 37.6 Å². The van der Waals surface area contributed by atoms with Gasteiger partial charge >= 0.3 is 0 Å². The molecule has 1 N–H and O–H groups in total. The van der Waals surface area contributed by atoms with Crippen molar-refractivity contribution in [1.29, 1.82) is 0 Å². The Morgan fingerprint density at radius 1 is 0.718 bits per heavy atom. The SMILES string of the molecule is CCOc1cc(-c2nc3c(c(-c4ccccc4)nn3-c3ccccc3)c3cc(OC)c(OC)cc23)ccc1O. The fraction of sp³-hybridized carbons (Fsp3) is 0.125. The number of rotatable bonds is 7. The molecule has 4 aromatic carbocycles. The van der Waals surface area contributed by atoms with Gasteiger partial charge in [0.15, 0.2) is 28.6 Å². The summed E-state index contributed by atoms with van der Waals surface area (Å²) < 4.78 is 19.0. The van der Waals surface area contributed by atoms with Crippen LogP contribution in [0.5, 0.6) is 23.0 Å². The number of aromatic nitrogens is 3. The highest BCUT2D eigenvalue weighted by atomic mass is 16.5. The molecule has 6 rings (SSSR count). The topological polar surface area (TPSA) is 78.6 Å². The number of benzene rings is 4. The molecule has 0 aliphatic heterocycles. The van der Waals surface area contributed by atoms with Gasteiger partial charge in [-0.1, -0.05) is 48.5 Å². The summed E-state index contributed by atoms with van der Waals surface area (Å²) in [5.74, 6) is 1.67. The Hall–Kier alpha value is -5.04. The molecule has 0 amide bonds. The fourth-order valence-corrected chi connectivity index (χ4v) is 4.91. The third kappa shape index (κ3) is 4.18. The molecule has 39 heavy (non-hydrogen) atoms. The summed E-state index contributed by atoms with van der Waals surface area (Å²) in [6.07, 6.45) is 0. The summed E-state index contributed by atoms with van der Waals surface area (Å²) in [7, 11) is 3.24. The van der Waals surface area contributed by atoms with Gasteiger partial charge in [0, 0.05) is 21.9 Å². The molecule has 0 atom stereocenters. The van der Waals surface area contributed by atoms with E-state index in [2.05, 4.69) is 0 Å². The number of phenolic OH excluding ortho intramolecular Hbond substituents is 1. The van der Waals surface area contributed by atoms with Crippen molar-refractivity contribution >= 4 is 21.8 Å². The Morgan fingerprint density at radius 3 is 2.05 bits per heavy atom. The minimum Gasteiger partial charge on any atom is -0.504 e. The predicted molar refractivity (Wildman–Crippen MR) is 153 cm³/mol.